The number of amidine groups is 1. The summed E-state index contributed by atoms with van der Waals surface area (Å²) in [5.41, 5.74) is 13.8. The molecule has 2 aromatic carbocycles. The normalized spacial score (nSPS) is 14.7. The number of nitrogens with zero attached hydrogens (tertiary/aromatic N) is 7. The average molecular weight is 547 g/mol. The molecule has 1 aromatic heterocycles. The summed E-state index contributed by atoms with van der Waals surface area (Å²) in [6.07, 6.45) is 7.93. The fraction of sp³-hybridized carbons (Fsp3) is 0.273. The third-order valence-electron chi connectivity index (χ3n) is 6.92. The van der Waals surface area contributed by atoms with Gasteiger partial charge in [0.15, 0.2) is 0 Å². The van der Waals surface area contributed by atoms with Crippen LogP contribution in [-0.2, 0) is 7.05 Å². The summed E-state index contributed by atoms with van der Waals surface area (Å²) in [7, 11) is 1.93. The van der Waals surface area contributed by atoms with Gasteiger partial charge >= 0.3 is 0 Å². The van der Waals surface area contributed by atoms with Crippen LogP contribution in [0.5, 0.6) is 0 Å². The van der Waals surface area contributed by atoms with Crippen LogP contribution in [0.2, 0.25) is 0 Å². The van der Waals surface area contributed by atoms with Crippen LogP contribution in [0.15, 0.2) is 101 Å². The van der Waals surface area contributed by atoms with Crippen LogP contribution < -0.4 is 10.6 Å². The Kier molecular flexibility index (Phi) is 9.20. The van der Waals surface area contributed by atoms with Crippen LogP contribution >= 0.6 is 0 Å². The number of benzene rings is 2. The third kappa shape index (κ3) is 6.30. The largest absolute Gasteiger partial charge is 0.384 e. The van der Waals surface area contributed by atoms with E-state index in [1.807, 2.05) is 55.3 Å². The zero-order valence-electron chi connectivity index (χ0n) is 24.6. The van der Waals surface area contributed by atoms with Gasteiger partial charge in [-0.3, -0.25) is 9.58 Å². The van der Waals surface area contributed by atoms with Gasteiger partial charge in [0.1, 0.15) is 17.7 Å². The van der Waals surface area contributed by atoms with Crippen LogP contribution in [0.25, 0.3) is 16.8 Å². The van der Waals surface area contributed by atoms with Gasteiger partial charge < -0.3 is 10.6 Å². The number of hydrogen-bond donors (Lipinski definition) is 1. The number of para-hydroxylation sites is 1. The summed E-state index contributed by atoms with van der Waals surface area (Å²) in [6, 6.07) is 18.9. The molecule has 8 nitrogen and oxygen atoms in total. The Labute approximate surface area is 243 Å². The molecule has 2 N–H and O–H groups in total. The second kappa shape index (κ2) is 13.0. The first-order valence-corrected chi connectivity index (χ1v) is 13.9. The Hall–Kier alpha value is -4.90. The van der Waals surface area contributed by atoms with Crippen LogP contribution in [0.4, 0.5) is 11.4 Å². The van der Waals surface area contributed by atoms with Gasteiger partial charge in [-0.25, -0.2) is 9.98 Å². The molecule has 4 rings (SSSR count). The molecule has 210 valence electrons. The fourth-order valence-corrected chi connectivity index (χ4v) is 5.16. The molecule has 1 aliphatic heterocycles. The van der Waals surface area contributed by atoms with Gasteiger partial charge in [0, 0.05) is 42.3 Å². The van der Waals surface area contributed by atoms with Crippen molar-refractivity contribution in [3.05, 3.63) is 96.2 Å². The molecule has 2 heterocycles. The highest BCUT2D eigenvalue weighted by molar-refractivity contribution is 6.16. The van der Waals surface area contributed by atoms with Gasteiger partial charge in [0.05, 0.1) is 35.4 Å². The number of nitriles is 1. The maximum atomic E-state index is 10.1. The molecule has 0 aliphatic carbocycles. The van der Waals surface area contributed by atoms with Crippen molar-refractivity contribution in [2.75, 3.05) is 18.0 Å². The molecule has 8 heteroatoms. The molecule has 41 heavy (non-hydrogen) atoms. The molecule has 1 aliphatic rings. The van der Waals surface area contributed by atoms with Crippen LogP contribution in [0.3, 0.4) is 0 Å². The lowest BCUT2D eigenvalue weighted by Gasteiger charge is -2.37. The molecule has 0 atom stereocenters. The Morgan fingerprint density at radius 3 is 2.51 bits per heavy atom. The molecular formula is C33H38N8. The monoisotopic (exact) mass is 546 g/mol. The van der Waals surface area contributed by atoms with Crippen molar-refractivity contribution in [1.82, 2.24) is 14.7 Å². The second-order valence-electron chi connectivity index (χ2n) is 9.98. The maximum Gasteiger partial charge on any atom is 0.133 e. The minimum absolute atomic E-state index is 0.173. The van der Waals surface area contributed by atoms with Crippen molar-refractivity contribution in [3.63, 3.8) is 0 Å². The highest BCUT2D eigenvalue weighted by Gasteiger charge is 2.30. The van der Waals surface area contributed by atoms with Gasteiger partial charge in [-0.15, -0.1) is 0 Å². The van der Waals surface area contributed by atoms with E-state index in [-0.39, 0.29) is 5.82 Å². The van der Waals surface area contributed by atoms with Crippen LogP contribution in [-0.4, -0.2) is 39.3 Å². The Morgan fingerprint density at radius 1 is 1.15 bits per heavy atom. The molecule has 3 aromatic rings. The van der Waals surface area contributed by atoms with E-state index in [9.17, 15) is 5.26 Å². The minimum Gasteiger partial charge on any atom is -0.384 e. The first-order chi connectivity index (χ1) is 19.8. The first-order valence-electron chi connectivity index (χ1n) is 13.9. The maximum absolute atomic E-state index is 10.1. The van der Waals surface area contributed by atoms with Gasteiger partial charge in [-0.05, 0) is 50.5 Å². The standard InChI is InChI=1S/C33H38N8/c1-7-13-31-33-28(26-20-36-39(6)21-26)16-12-17-30(33)38-32(41(31)27-14-10-9-11-15-27)22-40(18-8-2)24(4)29(19-34)23(3)37-25(5)35/h9-17,20-21H,5,7-8,18,22,35H2,1-4,6H3/b29-24+,31-13+,37-23?. The highest BCUT2D eigenvalue weighted by Crippen LogP contribution is 2.43. The van der Waals surface area contributed by atoms with E-state index in [4.69, 9.17) is 10.7 Å². The lowest BCUT2D eigenvalue weighted by molar-refractivity contribution is 0.388. The Bertz CT molecular complexity index is 1580. The number of aromatic nitrogens is 2. The van der Waals surface area contributed by atoms with E-state index in [1.165, 1.54) is 0 Å². The van der Waals surface area contributed by atoms with E-state index in [0.717, 1.165) is 64.7 Å². The molecule has 0 saturated carbocycles. The molecule has 0 bridgehead atoms. The number of anilines is 1. The predicted molar refractivity (Wildman–Crippen MR) is 170 cm³/mol. The van der Waals surface area contributed by atoms with Crippen molar-refractivity contribution in [1.29, 1.82) is 5.26 Å². The quantitative estimate of drug-likeness (QED) is 0.223. The molecule has 0 amide bonds. The van der Waals surface area contributed by atoms with E-state index < -0.39 is 0 Å². The summed E-state index contributed by atoms with van der Waals surface area (Å²) in [6.45, 7) is 12.9. The zero-order valence-corrected chi connectivity index (χ0v) is 24.6. The number of fused-ring (bicyclic) bond motifs is 1. The summed E-state index contributed by atoms with van der Waals surface area (Å²) in [4.78, 5) is 14.0. The van der Waals surface area contributed by atoms with Crippen LogP contribution in [0.1, 0.15) is 46.1 Å². The minimum atomic E-state index is 0.173. The molecular weight excluding hydrogens is 508 g/mol. The molecule has 0 radical (unpaired) electrons. The lowest BCUT2D eigenvalue weighted by atomic mass is 9.94. The SMILES string of the molecule is C=C(N)N=C(C)/C(C#N)=C(\C)N(CCC)CC1=Nc2cccc(-c3cnn(C)c3)c2/C(=C\CC)N1c1ccccc1. The van der Waals surface area contributed by atoms with Crippen LogP contribution in [0, 0.1) is 11.3 Å². The molecule has 0 unspecified atom stereocenters. The summed E-state index contributed by atoms with van der Waals surface area (Å²) < 4.78 is 1.82. The number of allylic oxidation sites excluding steroid dienone is 3. The lowest BCUT2D eigenvalue weighted by Crippen LogP contribution is -2.41. The van der Waals surface area contributed by atoms with Gasteiger partial charge in [-0.2, -0.15) is 10.4 Å². The highest BCUT2D eigenvalue weighted by atomic mass is 15.3. The van der Waals surface area contributed by atoms with E-state index in [2.05, 4.69) is 76.7 Å². The van der Waals surface area contributed by atoms with Gasteiger partial charge in [-0.1, -0.05) is 56.8 Å². The Morgan fingerprint density at radius 2 is 1.90 bits per heavy atom. The predicted octanol–water partition coefficient (Wildman–Crippen LogP) is 6.79. The van der Waals surface area contributed by atoms with Crippen molar-refractivity contribution in [2.45, 2.75) is 40.5 Å². The van der Waals surface area contributed by atoms with E-state index in [0.29, 0.717) is 17.8 Å². The second-order valence-corrected chi connectivity index (χ2v) is 9.98. The molecule has 0 saturated heterocycles. The Balaban J connectivity index is 1.93. The average Bonchev–Trinajstić information content (AvgIpc) is 3.39. The van der Waals surface area contributed by atoms with Crippen molar-refractivity contribution < 1.29 is 0 Å². The van der Waals surface area contributed by atoms with Crippen molar-refractivity contribution in [2.24, 2.45) is 22.8 Å². The zero-order chi connectivity index (χ0) is 29.5. The third-order valence-corrected chi connectivity index (χ3v) is 6.92. The topological polar surface area (TPSA) is 98.8 Å². The number of aliphatic imine (C=N–C) groups is 2. The summed E-state index contributed by atoms with van der Waals surface area (Å²) in [5.74, 6) is 1.04. The number of aryl methyl sites for hydroxylation is 1. The van der Waals surface area contributed by atoms with Crippen molar-refractivity contribution in [3.8, 4) is 17.2 Å². The van der Waals surface area contributed by atoms with Gasteiger partial charge in [0.25, 0.3) is 0 Å². The van der Waals surface area contributed by atoms with Gasteiger partial charge in [0.2, 0.25) is 0 Å². The first kappa shape index (κ1) is 29.1. The fourth-order valence-electron chi connectivity index (χ4n) is 5.16. The summed E-state index contributed by atoms with van der Waals surface area (Å²) >= 11 is 0. The molecule has 0 fully saturated rings. The van der Waals surface area contributed by atoms with Crippen molar-refractivity contribution >= 4 is 28.6 Å². The number of hydrogen-bond acceptors (Lipinski definition) is 7. The molecule has 0 spiro atoms. The number of rotatable bonds is 10. The number of nitrogens with two attached hydrogens (primary N) is 1. The summed E-state index contributed by atoms with van der Waals surface area (Å²) in [5, 5.41) is 14.5. The smallest absolute Gasteiger partial charge is 0.133 e. The van der Waals surface area contributed by atoms with E-state index >= 15 is 0 Å². The van der Waals surface area contributed by atoms with E-state index in [1.54, 1.807) is 6.92 Å².